The lowest BCUT2D eigenvalue weighted by molar-refractivity contribution is 0.0963. The molecule has 0 radical (unpaired) electrons. The van der Waals surface area contributed by atoms with E-state index in [2.05, 4.69) is 57.2 Å². The first-order valence-electron chi connectivity index (χ1n) is 9.43. The van der Waals surface area contributed by atoms with Crippen molar-refractivity contribution < 1.29 is 4.79 Å². The molecule has 3 aromatic rings. The van der Waals surface area contributed by atoms with Crippen molar-refractivity contribution in [2.45, 2.75) is 19.9 Å². The van der Waals surface area contributed by atoms with Crippen LogP contribution in [0.1, 0.15) is 27.0 Å². The molecule has 6 nitrogen and oxygen atoms in total. The number of aromatic nitrogens is 1. The molecule has 1 aromatic heterocycles. The van der Waals surface area contributed by atoms with Crippen LogP contribution in [0, 0.1) is 6.92 Å². The van der Waals surface area contributed by atoms with E-state index in [9.17, 15) is 4.79 Å². The Labute approximate surface area is 165 Å². The van der Waals surface area contributed by atoms with Gasteiger partial charge in [0, 0.05) is 49.8 Å². The van der Waals surface area contributed by atoms with E-state index in [1.807, 2.05) is 24.3 Å². The van der Waals surface area contributed by atoms with Crippen LogP contribution in [0.4, 0.5) is 0 Å². The second kappa shape index (κ2) is 9.08. The normalized spacial score (nSPS) is 11.5. The van der Waals surface area contributed by atoms with Gasteiger partial charge in [0.2, 0.25) is 0 Å². The van der Waals surface area contributed by atoms with Crippen molar-refractivity contribution in [1.29, 1.82) is 0 Å². The number of carbonyl (C=O) groups is 1. The number of rotatable bonds is 6. The summed E-state index contributed by atoms with van der Waals surface area (Å²) in [6.07, 6.45) is 2.99. The monoisotopic (exact) mass is 377 g/mol. The number of H-pyrrole nitrogens is 1. The highest BCUT2D eigenvalue weighted by atomic mass is 16.1. The summed E-state index contributed by atoms with van der Waals surface area (Å²) in [5.41, 5.74) is 5.47. The molecule has 2 aromatic carbocycles. The number of guanidine groups is 1. The maximum atomic E-state index is 11.6. The highest BCUT2D eigenvalue weighted by molar-refractivity contribution is 5.94. The lowest BCUT2D eigenvalue weighted by atomic mass is 10.1. The minimum absolute atomic E-state index is 0.0792. The van der Waals surface area contributed by atoms with Crippen LogP contribution in [-0.4, -0.2) is 37.5 Å². The number of hydrogen-bond donors (Lipinski definition) is 4. The van der Waals surface area contributed by atoms with E-state index in [1.165, 1.54) is 22.0 Å². The number of amides is 1. The van der Waals surface area contributed by atoms with Gasteiger partial charge in [0.1, 0.15) is 0 Å². The fourth-order valence-electron chi connectivity index (χ4n) is 3.15. The molecule has 0 aliphatic carbocycles. The van der Waals surface area contributed by atoms with Crippen LogP contribution >= 0.6 is 0 Å². The Hall–Kier alpha value is -3.28. The van der Waals surface area contributed by atoms with Crippen molar-refractivity contribution in [3.8, 4) is 0 Å². The van der Waals surface area contributed by atoms with Crippen molar-refractivity contribution in [3.63, 3.8) is 0 Å². The van der Waals surface area contributed by atoms with E-state index < -0.39 is 0 Å². The Morgan fingerprint density at radius 2 is 1.89 bits per heavy atom. The Morgan fingerprint density at radius 3 is 2.61 bits per heavy atom. The Bertz CT molecular complexity index is 972. The van der Waals surface area contributed by atoms with Crippen LogP contribution in [0.2, 0.25) is 0 Å². The van der Waals surface area contributed by atoms with Crippen molar-refractivity contribution in [2.75, 3.05) is 20.6 Å². The molecular weight excluding hydrogens is 350 g/mol. The molecular formula is C22H27N5O. The first-order valence-corrected chi connectivity index (χ1v) is 9.43. The molecule has 0 spiro atoms. The largest absolute Gasteiger partial charge is 0.361 e. The molecule has 28 heavy (non-hydrogen) atoms. The highest BCUT2D eigenvalue weighted by Crippen LogP contribution is 2.19. The highest BCUT2D eigenvalue weighted by Gasteiger charge is 2.05. The number of aromatic amines is 1. The molecule has 0 aliphatic rings. The molecule has 0 fully saturated rings. The third-order valence-electron chi connectivity index (χ3n) is 4.74. The average Bonchev–Trinajstić information content (AvgIpc) is 3.12. The number of benzene rings is 2. The first kappa shape index (κ1) is 19.5. The summed E-state index contributed by atoms with van der Waals surface area (Å²) in [5, 5.41) is 10.5. The second-order valence-electron chi connectivity index (χ2n) is 6.74. The summed E-state index contributed by atoms with van der Waals surface area (Å²) in [6.45, 7) is 3.53. The van der Waals surface area contributed by atoms with Crippen molar-refractivity contribution in [3.05, 3.63) is 70.9 Å². The molecule has 6 heteroatoms. The number of aliphatic imine (C=N–C) groups is 1. The predicted octanol–water partition coefficient (Wildman–Crippen LogP) is 2.74. The number of aryl methyl sites for hydroxylation is 1. The smallest absolute Gasteiger partial charge is 0.251 e. The van der Waals surface area contributed by atoms with Gasteiger partial charge in [-0.15, -0.1) is 0 Å². The standard InChI is InChI=1S/C22H27N5O/c1-15-4-9-19-18(14-26-20(19)12-15)10-11-25-22(24-3)27-13-16-5-7-17(8-6-16)21(28)23-2/h4-9,12,14,26H,10-11,13H2,1-3H3,(H,23,28)(H2,24,25,27). The third kappa shape index (κ3) is 4.71. The fourth-order valence-corrected chi connectivity index (χ4v) is 3.15. The van der Waals surface area contributed by atoms with Gasteiger partial charge in [-0.3, -0.25) is 9.79 Å². The molecule has 0 unspecified atom stereocenters. The van der Waals surface area contributed by atoms with Crippen LogP contribution in [0.5, 0.6) is 0 Å². The van der Waals surface area contributed by atoms with Crippen LogP contribution < -0.4 is 16.0 Å². The number of carbonyl (C=O) groups excluding carboxylic acids is 1. The Kier molecular flexibility index (Phi) is 6.32. The van der Waals surface area contributed by atoms with Crippen LogP contribution in [0.3, 0.4) is 0 Å². The molecule has 146 valence electrons. The quantitative estimate of drug-likeness (QED) is 0.394. The summed E-state index contributed by atoms with van der Waals surface area (Å²) < 4.78 is 0. The summed E-state index contributed by atoms with van der Waals surface area (Å²) >= 11 is 0. The van der Waals surface area contributed by atoms with Crippen molar-refractivity contribution in [1.82, 2.24) is 20.9 Å². The minimum Gasteiger partial charge on any atom is -0.361 e. The zero-order chi connectivity index (χ0) is 19.9. The molecule has 0 saturated carbocycles. The molecule has 0 saturated heterocycles. The number of fused-ring (bicyclic) bond motifs is 1. The van der Waals surface area contributed by atoms with Gasteiger partial charge in [0.05, 0.1) is 0 Å². The SMILES string of the molecule is CN=C(NCCc1c[nH]c2cc(C)ccc12)NCc1ccc(C(=O)NC)cc1. The van der Waals surface area contributed by atoms with Crippen molar-refractivity contribution >= 4 is 22.8 Å². The van der Waals surface area contributed by atoms with Crippen LogP contribution in [0.15, 0.2) is 53.7 Å². The zero-order valence-corrected chi connectivity index (χ0v) is 16.6. The number of nitrogens with one attached hydrogen (secondary N) is 4. The number of hydrogen-bond acceptors (Lipinski definition) is 2. The van der Waals surface area contributed by atoms with Gasteiger partial charge in [-0.1, -0.05) is 24.3 Å². The molecule has 0 atom stereocenters. The van der Waals surface area contributed by atoms with Gasteiger partial charge < -0.3 is 20.9 Å². The van der Waals surface area contributed by atoms with E-state index in [0.29, 0.717) is 12.1 Å². The summed E-state index contributed by atoms with van der Waals surface area (Å²) in [7, 11) is 3.39. The third-order valence-corrected chi connectivity index (χ3v) is 4.74. The first-order chi connectivity index (χ1) is 13.6. The topological polar surface area (TPSA) is 81.3 Å². The summed E-state index contributed by atoms with van der Waals surface area (Å²) in [5.74, 6) is 0.676. The Morgan fingerprint density at radius 1 is 1.11 bits per heavy atom. The molecule has 1 amide bonds. The van der Waals surface area contributed by atoms with Gasteiger partial charge in [-0.25, -0.2) is 0 Å². The van der Waals surface area contributed by atoms with E-state index in [-0.39, 0.29) is 5.91 Å². The molecule has 1 heterocycles. The maximum Gasteiger partial charge on any atom is 0.251 e. The van der Waals surface area contributed by atoms with Gasteiger partial charge in [-0.05, 0) is 48.2 Å². The van der Waals surface area contributed by atoms with Gasteiger partial charge in [-0.2, -0.15) is 0 Å². The van der Waals surface area contributed by atoms with E-state index in [1.54, 1.807) is 14.1 Å². The molecule has 0 aliphatic heterocycles. The van der Waals surface area contributed by atoms with E-state index in [4.69, 9.17) is 0 Å². The molecule has 4 N–H and O–H groups in total. The van der Waals surface area contributed by atoms with E-state index >= 15 is 0 Å². The van der Waals surface area contributed by atoms with Crippen LogP contribution in [-0.2, 0) is 13.0 Å². The fraction of sp³-hybridized carbons (Fsp3) is 0.273. The average molecular weight is 377 g/mol. The maximum absolute atomic E-state index is 11.6. The number of nitrogens with zero attached hydrogens (tertiary/aromatic N) is 1. The van der Waals surface area contributed by atoms with Gasteiger partial charge >= 0.3 is 0 Å². The predicted molar refractivity (Wildman–Crippen MR) is 115 cm³/mol. The second-order valence-corrected chi connectivity index (χ2v) is 6.74. The van der Waals surface area contributed by atoms with Gasteiger partial charge in [0.25, 0.3) is 5.91 Å². The van der Waals surface area contributed by atoms with Crippen LogP contribution in [0.25, 0.3) is 10.9 Å². The van der Waals surface area contributed by atoms with Crippen molar-refractivity contribution in [2.24, 2.45) is 4.99 Å². The lowest BCUT2D eigenvalue weighted by Gasteiger charge is -2.12. The minimum atomic E-state index is -0.0792. The summed E-state index contributed by atoms with van der Waals surface area (Å²) in [4.78, 5) is 19.2. The summed E-state index contributed by atoms with van der Waals surface area (Å²) in [6, 6.07) is 14.0. The Balaban J connectivity index is 1.50. The zero-order valence-electron chi connectivity index (χ0n) is 16.6. The van der Waals surface area contributed by atoms with Gasteiger partial charge in [0.15, 0.2) is 5.96 Å². The van der Waals surface area contributed by atoms with E-state index in [0.717, 1.165) is 24.5 Å². The lowest BCUT2D eigenvalue weighted by Crippen LogP contribution is -2.37. The molecule has 3 rings (SSSR count). The molecule has 0 bridgehead atoms.